The van der Waals surface area contributed by atoms with Gasteiger partial charge < -0.3 is 19.5 Å². The summed E-state index contributed by atoms with van der Waals surface area (Å²) in [5, 5.41) is 2.68. The minimum Gasteiger partial charge on any atom is -0.495 e. The van der Waals surface area contributed by atoms with Gasteiger partial charge in [-0.3, -0.25) is 4.79 Å². The second-order valence-electron chi connectivity index (χ2n) is 5.46. The first-order chi connectivity index (χ1) is 12.0. The Morgan fingerprint density at radius 2 is 1.76 bits per heavy atom. The third kappa shape index (κ3) is 5.32. The quantitative estimate of drug-likeness (QED) is 0.783. The zero-order valence-corrected chi connectivity index (χ0v) is 14.5. The number of methoxy groups -OCH3 is 2. The molecular formula is C19H21NO5. The number of ether oxygens (including phenoxy) is 3. The molecule has 0 atom stereocenters. The van der Waals surface area contributed by atoms with Crippen molar-refractivity contribution < 1.29 is 23.8 Å². The topological polar surface area (TPSA) is 73.9 Å². The summed E-state index contributed by atoms with van der Waals surface area (Å²) in [6.07, 6.45) is 0. The van der Waals surface area contributed by atoms with Crippen molar-refractivity contribution in [3.63, 3.8) is 0 Å². The molecule has 6 heteroatoms. The summed E-state index contributed by atoms with van der Waals surface area (Å²) in [5.74, 6) is -0.456. The average Bonchev–Trinajstić information content (AvgIpc) is 2.61. The van der Waals surface area contributed by atoms with Gasteiger partial charge in [0.2, 0.25) is 0 Å². The second-order valence-corrected chi connectivity index (χ2v) is 5.46. The standard InChI is InChI=1S/C19H21NO5/c1-13-4-9-17(24-3)16(10-13)20-18(21)12-25-19(22)15-7-5-14(6-8-15)11-23-2/h4-10H,11-12H2,1-3H3,(H,20,21). The number of esters is 1. The number of hydrogen-bond acceptors (Lipinski definition) is 5. The number of amides is 1. The lowest BCUT2D eigenvalue weighted by molar-refractivity contribution is -0.119. The first kappa shape index (κ1) is 18.5. The van der Waals surface area contributed by atoms with Crippen LogP contribution in [0.15, 0.2) is 42.5 Å². The molecule has 2 aromatic rings. The summed E-state index contributed by atoms with van der Waals surface area (Å²) in [6, 6.07) is 12.2. The Hall–Kier alpha value is -2.86. The average molecular weight is 343 g/mol. The smallest absolute Gasteiger partial charge is 0.338 e. The summed E-state index contributed by atoms with van der Waals surface area (Å²) in [5.41, 5.74) is 2.83. The van der Waals surface area contributed by atoms with Gasteiger partial charge in [-0.2, -0.15) is 0 Å². The molecule has 25 heavy (non-hydrogen) atoms. The van der Waals surface area contributed by atoms with Crippen molar-refractivity contribution in [3.05, 3.63) is 59.2 Å². The third-order valence-corrected chi connectivity index (χ3v) is 3.46. The van der Waals surface area contributed by atoms with Crippen molar-refractivity contribution in [2.45, 2.75) is 13.5 Å². The summed E-state index contributed by atoms with van der Waals surface area (Å²) in [6.45, 7) is 1.99. The lowest BCUT2D eigenvalue weighted by Crippen LogP contribution is -2.21. The molecule has 132 valence electrons. The molecule has 1 amide bonds. The molecule has 0 aliphatic heterocycles. The van der Waals surface area contributed by atoms with Gasteiger partial charge in [0.15, 0.2) is 6.61 Å². The zero-order valence-electron chi connectivity index (χ0n) is 14.5. The van der Waals surface area contributed by atoms with Crippen LogP contribution in [0.3, 0.4) is 0 Å². The molecule has 6 nitrogen and oxygen atoms in total. The molecule has 2 aromatic carbocycles. The van der Waals surface area contributed by atoms with Crippen molar-refractivity contribution in [1.82, 2.24) is 0 Å². The molecule has 0 aromatic heterocycles. The Kier molecular flexibility index (Phi) is 6.54. The maximum Gasteiger partial charge on any atom is 0.338 e. The molecule has 0 bridgehead atoms. The maximum atomic E-state index is 12.0. The molecule has 0 radical (unpaired) electrons. The van der Waals surface area contributed by atoms with Crippen LogP contribution in [0.25, 0.3) is 0 Å². The SMILES string of the molecule is COCc1ccc(C(=O)OCC(=O)Nc2cc(C)ccc2OC)cc1. The van der Waals surface area contributed by atoms with Crippen LogP contribution in [-0.2, 0) is 20.9 Å². The maximum absolute atomic E-state index is 12.0. The van der Waals surface area contributed by atoms with Crippen LogP contribution in [0, 0.1) is 6.92 Å². The Balaban J connectivity index is 1.91. The van der Waals surface area contributed by atoms with E-state index in [1.807, 2.05) is 13.0 Å². The van der Waals surface area contributed by atoms with Gasteiger partial charge in [0, 0.05) is 7.11 Å². The number of anilines is 1. The van der Waals surface area contributed by atoms with Gasteiger partial charge in [0.25, 0.3) is 5.91 Å². The van der Waals surface area contributed by atoms with Gasteiger partial charge in [-0.15, -0.1) is 0 Å². The molecule has 1 N–H and O–H groups in total. The fourth-order valence-corrected chi connectivity index (χ4v) is 2.22. The van der Waals surface area contributed by atoms with Crippen molar-refractivity contribution in [2.75, 3.05) is 26.1 Å². The number of carbonyl (C=O) groups excluding carboxylic acids is 2. The lowest BCUT2D eigenvalue weighted by atomic mass is 10.1. The molecule has 0 unspecified atom stereocenters. The highest BCUT2D eigenvalue weighted by Gasteiger charge is 2.12. The number of rotatable bonds is 7. The minimum atomic E-state index is -0.560. The largest absolute Gasteiger partial charge is 0.495 e. The van der Waals surface area contributed by atoms with E-state index in [0.29, 0.717) is 23.6 Å². The van der Waals surface area contributed by atoms with Gasteiger partial charge in [-0.1, -0.05) is 18.2 Å². The van der Waals surface area contributed by atoms with Crippen LogP contribution >= 0.6 is 0 Å². The monoisotopic (exact) mass is 343 g/mol. The van der Waals surface area contributed by atoms with Gasteiger partial charge >= 0.3 is 5.97 Å². The van der Waals surface area contributed by atoms with Crippen molar-refractivity contribution in [1.29, 1.82) is 0 Å². The molecular weight excluding hydrogens is 322 g/mol. The van der Waals surface area contributed by atoms with E-state index in [2.05, 4.69) is 5.32 Å². The van der Waals surface area contributed by atoms with E-state index in [9.17, 15) is 9.59 Å². The molecule has 2 rings (SSSR count). The Labute approximate surface area is 146 Å². The summed E-state index contributed by atoms with van der Waals surface area (Å²) >= 11 is 0. The van der Waals surface area contributed by atoms with Crippen LogP contribution in [0.2, 0.25) is 0 Å². The van der Waals surface area contributed by atoms with E-state index in [1.165, 1.54) is 7.11 Å². The van der Waals surface area contributed by atoms with Crippen molar-refractivity contribution in [2.24, 2.45) is 0 Å². The van der Waals surface area contributed by atoms with Crippen molar-refractivity contribution >= 4 is 17.6 Å². The van der Waals surface area contributed by atoms with Crippen molar-refractivity contribution in [3.8, 4) is 5.75 Å². The zero-order chi connectivity index (χ0) is 18.2. The predicted molar refractivity (Wildman–Crippen MR) is 93.8 cm³/mol. The first-order valence-corrected chi connectivity index (χ1v) is 7.73. The molecule has 0 spiro atoms. The summed E-state index contributed by atoms with van der Waals surface area (Å²) in [7, 11) is 3.12. The summed E-state index contributed by atoms with van der Waals surface area (Å²) in [4.78, 5) is 24.0. The third-order valence-electron chi connectivity index (χ3n) is 3.46. The Morgan fingerprint density at radius 3 is 2.40 bits per heavy atom. The molecule has 0 heterocycles. The van der Waals surface area contributed by atoms with Gasteiger partial charge in [-0.25, -0.2) is 4.79 Å². The highest BCUT2D eigenvalue weighted by molar-refractivity contribution is 5.96. The lowest BCUT2D eigenvalue weighted by Gasteiger charge is -2.11. The van der Waals surface area contributed by atoms with Crippen LogP contribution in [0.4, 0.5) is 5.69 Å². The first-order valence-electron chi connectivity index (χ1n) is 7.73. The van der Waals surface area contributed by atoms with E-state index >= 15 is 0 Å². The molecule has 0 saturated heterocycles. The number of nitrogens with one attached hydrogen (secondary N) is 1. The number of aryl methyl sites for hydroxylation is 1. The second kappa shape index (κ2) is 8.84. The van der Waals surface area contributed by atoms with Crippen LogP contribution in [0.1, 0.15) is 21.5 Å². The molecule has 0 aliphatic carbocycles. The fourth-order valence-electron chi connectivity index (χ4n) is 2.22. The van der Waals surface area contributed by atoms with Crippen LogP contribution in [-0.4, -0.2) is 32.7 Å². The van der Waals surface area contributed by atoms with E-state index in [0.717, 1.165) is 11.1 Å². The van der Waals surface area contributed by atoms with Gasteiger partial charge in [0.1, 0.15) is 5.75 Å². The van der Waals surface area contributed by atoms with E-state index < -0.39 is 11.9 Å². The highest BCUT2D eigenvalue weighted by atomic mass is 16.5. The molecule has 0 saturated carbocycles. The molecule has 0 fully saturated rings. The fraction of sp³-hybridized carbons (Fsp3) is 0.263. The Morgan fingerprint density at radius 1 is 1.04 bits per heavy atom. The van der Waals surface area contributed by atoms with E-state index in [4.69, 9.17) is 14.2 Å². The minimum absolute atomic E-state index is 0.376. The van der Waals surface area contributed by atoms with Gasteiger partial charge in [0.05, 0.1) is 25.0 Å². The molecule has 0 aliphatic rings. The normalized spacial score (nSPS) is 10.2. The van der Waals surface area contributed by atoms with E-state index in [1.54, 1.807) is 43.5 Å². The van der Waals surface area contributed by atoms with Gasteiger partial charge in [-0.05, 0) is 42.3 Å². The summed E-state index contributed by atoms with van der Waals surface area (Å²) < 4.78 is 15.2. The highest BCUT2D eigenvalue weighted by Crippen LogP contribution is 2.25. The number of carbonyl (C=O) groups is 2. The Bertz CT molecular complexity index is 740. The number of benzene rings is 2. The predicted octanol–water partition coefficient (Wildman–Crippen LogP) is 2.95. The van der Waals surface area contributed by atoms with Crippen LogP contribution in [0.5, 0.6) is 5.75 Å². The van der Waals surface area contributed by atoms with Crippen LogP contribution < -0.4 is 10.1 Å². The van der Waals surface area contributed by atoms with E-state index in [-0.39, 0.29) is 6.61 Å². The number of hydrogen-bond donors (Lipinski definition) is 1.